The summed E-state index contributed by atoms with van der Waals surface area (Å²) in [6.07, 6.45) is 4.07. The minimum absolute atomic E-state index is 0.0200. The van der Waals surface area contributed by atoms with Crippen molar-refractivity contribution in [2.45, 2.75) is 70.7 Å². The molecule has 3 rings (SSSR count). The van der Waals surface area contributed by atoms with Crippen LogP contribution in [0.4, 0.5) is 4.39 Å². The molecule has 1 aliphatic carbocycles. The van der Waals surface area contributed by atoms with E-state index in [4.69, 9.17) is 4.74 Å². The number of carbonyl (C=O) groups is 2. The number of benzene rings is 1. The van der Waals surface area contributed by atoms with Crippen molar-refractivity contribution >= 4 is 11.8 Å². The molecule has 5 nitrogen and oxygen atoms in total. The number of rotatable bonds is 4. The van der Waals surface area contributed by atoms with Crippen molar-refractivity contribution in [3.63, 3.8) is 0 Å². The molecule has 1 N–H and O–H groups in total. The average molecular weight is 376 g/mol. The molecular formula is C21H29FN2O3. The summed E-state index contributed by atoms with van der Waals surface area (Å²) in [5.74, 6) is -0.443. The van der Waals surface area contributed by atoms with Gasteiger partial charge in [-0.1, -0.05) is 19.9 Å². The Kier molecular flexibility index (Phi) is 5.84. The van der Waals surface area contributed by atoms with E-state index < -0.39 is 17.6 Å². The average Bonchev–Trinajstić information content (AvgIpc) is 3.02. The number of carbonyl (C=O) groups excluding carboxylic acids is 2. The molecule has 2 atom stereocenters. The molecule has 1 aliphatic heterocycles. The second kappa shape index (κ2) is 7.97. The summed E-state index contributed by atoms with van der Waals surface area (Å²) in [7, 11) is 0. The molecule has 2 amide bonds. The summed E-state index contributed by atoms with van der Waals surface area (Å²) >= 11 is 0. The van der Waals surface area contributed by atoms with Gasteiger partial charge in [0.2, 0.25) is 5.91 Å². The molecule has 148 valence electrons. The molecular weight excluding hydrogens is 347 g/mol. The second-order valence-corrected chi connectivity index (χ2v) is 7.96. The molecule has 1 saturated heterocycles. The van der Waals surface area contributed by atoms with E-state index in [9.17, 15) is 14.0 Å². The fourth-order valence-corrected chi connectivity index (χ4v) is 3.98. The lowest BCUT2D eigenvalue weighted by Crippen LogP contribution is -2.57. The van der Waals surface area contributed by atoms with Crippen molar-refractivity contribution in [3.05, 3.63) is 35.6 Å². The first-order valence-corrected chi connectivity index (χ1v) is 9.90. The molecule has 1 aromatic carbocycles. The van der Waals surface area contributed by atoms with Crippen LogP contribution in [-0.2, 0) is 9.53 Å². The van der Waals surface area contributed by atoms with Crippen LogP contribution in [0.3, 0.4) is 0 Å². The third-order valence-electron chi connectivity index (χ3n) is 5.91. The van der Waals surface area contributed by atoms with Crippen LogP contribution in [0.2, 0.25) is 0 Å². The SMILES string of the molecule is CC[C@@H](C)NC(=O)[C@@H]1COC2(CCC(C)CC2)N1C(=O)c1cccc(F)c1. The Morgan fingerprint density at radius 2 is 2.07 bits per heavy atom. The van der Waals surface area contributed by atoms with Gasteiger partial charge in [0.25, 0.3) is 5.91 Å². The number of nitrogens with one attached hydrogen (secondary N) is 1. The molecule has 0 unspecified atom stereocenters. The summed E-state index contributed by atoms with van der Waals surface area (Å²) in [6.45, 7) is 6.30. The fourth-order valence-electron chi connectivity index (χ4n) is 3.98. The first-order chi connectivity index (χ1) is 12.9. The Morgan fingerprint density at radius 1 is 1.37 bits per heavy atom. The van der Waals surface area contributed by atoms with Crippen molar-refractivity contribution in [2.75, 3.05) is 6.61 Å². The first-order valence-electron chi connectivity index (χ1n) is 9.90. The van der Waals surface area contributed by atoms with E-state index in [1.54, 1.807) is 11.0 Å². The zero-order chi connectivity index (χ0) is 19.6. The lowest BCUT2D eigenvalue weighted by atomic mass is 9.83. The van der Waals surface area contributed by atoms with Crippen LogP contribution < -0.4 is 5.32 Å². The normalized spacial score (nSPS) is 29.0. The monoisotopic (exact) mass is 376 g/mol. The Morgan fingerprint density at radius 3 is 2.70 bits per heavy atom. The molecule has 27 heavy (non-hydrogen) atoms. The van der Waals surface area contributed by atoms with Gasteiger partial charge in [0.1, 0.15) is 17.6 Å². The number of ether oxygens (including phenoxy) is 1. The van der Waals surface area contributed by atoms with Gasteiger partial charge in [0, 0.05) is 11.6 Å². The van der Waals surface area contributed by atoms with E-state index in [2.05, 4.69) is 12.2 Å². The van der Waals surface area contributed by atoms with Crippen molar-refractivity contribution in [1.82, 2.24) is 10.2 Å². The Bertz CT molecular complexity index is 700. The molecule has 1 spiro atoms. The number of amides is 2. The maximum atomic E-state index is 13.7. The summed E-state index contributed by atoms with van der Waals surface area (Å²) in [5.41, 5.74) is -0.521. The van der Waals surface area contributed by atoms with Crippen LogP contribution in [0.1, 0.15) is 63.2 Å². The summed E-state index contributed by atoms with van der Waals surface area (Å²) < 4.78 is 19.8. The summed E-state index contributed by atoms with van der Waals surface area (Å²) in [6, 6.07) is 4.97. The van der Waals surface area contributed by atoms with Crippen LogP contribution in [-0.4, -0.2) is 41.1 Å². The highest BCUT2D eigenvalue weighted by molar-refractivity contribution is 5.98. The summed E-state index contributed by atoms with van der Waals surface area (Å²) in [4.78, 5) is 27.8. The standard InChI is InChI=1S/C21H29FN2O3/c1-4-15(3)23-19(25)18-13-27-21(10-8-14(2)9-11-21)24(18)20(26)16-6-5-7-17(22)12-16/h5-7,12,14-15,18H,4,8-11,13H2,1-3H3,(H,23,25)/t14?,15-,18+,21?/m1/s1. The van der Waals surface area contributed by atoms with Crippen LogP contribution in [0.5, 0.6) is 0 Å². The van der Waals surface area contributed by atoms with Gasteiger partial charge in [0.15, 0.2) is 0 Å². The smallest absolute Gasteiger partial charge is 0.256 e. The van der Waals surface area contributed by atoms with E-state index >= 15 is 0 Å². The minimum atomic E-state index is -0.770. The summed E-state index contributed by atoms with van der Waals surface area (Å²) in [5, 5.41) is 2.96. The minimum Gasteiger partial charge on any atom is -0.353 e. The Labute approximate surface area is 160 Å². The van der Waals surface area contributed by atoms with Gasteiger partial charge < -0.3 is 10.1 Å². The number of nitrogens with zero attached hydrogens (tertiary/aromatic N) is 1. The van der Waals surface area contributed by atoms with Crippen LogP contribution in [0.25, 0.3) is 0 Å². The maximum Gasteiger partial charge on any atom is 0.256 e. The molecule has 2 aliphatic rings. The van der Waals surface area contributed by atoms with Crippen LogP contribution in [0.15, 0.2) is 24.3 Å². The topological polar surface area (TPSA) is 58.6 Å². The maximum absolute atomic E-state index is 13.7. The largest absolute Gasteiger partial charge is 0.353 e. The van der Waals surface area contributed by atoms with E-state index in [1.807, 2.05) is 13.8 Å². The van der Waals surface area contributed by atoms with Crippen LogP contribution >= 0.6 is 0 Å². The van der Waals surface area contributed by atoms with E-state index in [0.29, 0.717) is 18.8 Å². The number of hydrogen-bond acceptors (Lipinski definition) is 3. The molecule has 0 radical (unpaired) electrons. The fraction of sp³-hybridized carbons (Fsp3) is 0.619. The van der Waals surface area contributed by atoms with Crippen molar-refractivity contribution in [1.29, 1.82) is 0 Å². The van der Waals surface area contributed by atoms with Gasteiger partial charge in [-0.25, -0.2) is 4.39 Å². The molecule has 1 saturated carbocycles. The third-order valence-corrected chi connectivity index (χ3v) is 5.91. The van der Waals surface area contributed by atoms with E-state index in [-0.39, 0.29) is 30.0 Å². The van der Waals surface area contributed by atoms with Crippen molar-refractivity contribution < 1.29 is 18.7 Å². The zero-order valence-corrected chi connectivity index (χ0v) is 16.3. The van der Waals surface area contributed by atoms with Crippen molar-refractivity contribution in [2.24, 2.45) is 5.92 Å². The first kappa shape index (κ1) is 19.8. The lowest BCUT2D eigenvalue weighted by Gasteiger charge is -2.43. The Hall–Kier alpha value is -1.95. The third kappa shape index (κ3) is 4.00. The van der Waals surface area contributed by atoms with Gasteiger partial charge in [-0.2, -0.15) is 0 Å². The zero-order valence-electron chi connectivity index (χ0n) is 16.3. The van der Waals surface area contributed by atoms with Gasteiger partial charge in [-0.15, -0.1) is 0 Å². The molecule has 0 aromatic heterocycles. The quantitative estimate of drug-likeness (QED) is 0.875. The highest BCUT2D eigenvalue weighted by Crippen LogP contribution is 2.43. The van der Waals surface area contributed by atoms with Crippen LogP contribution in [0, 0.1) is 11.7 Å². The molecule has 0 bridgehead atoms. The van der Waals surface area contributed by atoms with E-state index in [0.717, 1.165) is 19.3 Å². The highest BCUT2D eigenvalue weighted by atomic mass is 19.1. The molecule has 6 heteroatoms. The number of halogens is 1. The van der Waals surface area contributed by atoms with Crippen molar-refractivity contribution in [3.8, 4) is 0 Å². The van der Waals surface area contributed by atoms with Gasteiger partial charge in [0.05, 0.1) is 6.61 Å². The van der Waals surface area contributed by atoms with Gasteiger partial charge in [-0.3, -0.25) is 14.5 Å². The van der Waals surface area contributed by atoms with Gasteiger partial charge >= 0.3 is 0 Å². The Balaban J connectivity index is 1.92. The molecule has 1 heterocycles. The predicted octanol–water partition coefficient (Wildman–Crippen LogP) is 3.49. The lowest BCUT2D eigenvalue weighted by molar-refractivity contribution is -0.128. The predicted molar refractivity (Wildman–Crippen MR) is 101 cm³/mol. The second-order valence-electron chi connectivity index (χ2n) is 7.96. The van der Waals surface area contributed by atoms with Gasteiger partial charge in [-0.05, 0) is 63.1 Å². The van der Waals surface area contributed by atoms with E-state index in [1.165, 1.54) is 18.2 Å². The molecule has 1 aromatic rings. The highest BCUT2D eigenvalue weighted by Gasteiger charge is 2.53. The number of hydrogen-bond donors (Lipinski definition) is 1. The molecule has 2 fully saturated rings.